The van der Waals surface area contributed by atoms with Crippen molar-refractivity contribution in [2.45, 2.75) is 44.6 Å². The number of carbonyl (C=O) groups excluding carboxylic acids is 1. The second kappa shape index (κ2) is 4.52. The second-order valence-corrected chi connectivity index (χ2v) is 4.96. The summed E-state index contributed by atoms with van der Waals surface area (Å²) in [4.78, 5) is 10.4. The van der Waals surface area contributed by atoms with Gasteiger partial charge in [-0.2, -0.15) is 0 Å². The Balaban J connectivity index is 0.000000115. The Bertz CT molecular complexity index is 215. The number of carbonyl (C=O) groups is 1. The topological polar surface area (TPSA) is 46.5 Å². The highest BCUT2D eigenvalue weighted by molar-refractivity contribution is 5.74. The smallest absolute Gasteiger partial charge is 0.308 e. The van der Waals surface area contributed by atoms with Gasteiger partial charge in [0.05, 0.1) is 19.1 Å². The lowest BCUT2D eigenvalue weighted by Crippen LogP contribution is -2.10. The summed E-state index contributed by atoms with van der Waals surface area (Å²) >= 11 is 0. The van der Waals surface area contributed by atoms with Crippen LogP contribution in [0.2, 0.25) is 0 Å². The molecule has 3 saturated carbocycles. The maximum atomic E-state index is 10.4. The van der Waals surface area contributed by atoms with Gasteiger partial charge in [0, 0.05) is 0 Å². The lowest BCUT2D eigenvalue weighted by atomic mass is 10.1. The SMILES string of the molecule is COC(=O)C1CC1.OC(C1CC1)C1CC1. The summed E-state index contributed by atoms with van der Waals surface area (Å²) in [5.41, 5.74) is 0. The number of hydrogen-bond acceptors (Lipinski definition) is 3. The molecule has 0 aromatic carbocycles. The molecule has 0 spiro atoms. The molecule has 0 radical (unpaired) electrons. The lowest BCUT2D eigenvalue weighted by molar-refractivity contribution is -0.142. The van der Waals surface area contributed by atoms with Crippen LogP contribution < -0.4 is 0 Å². The van der Waals surface area contributed by atoms with Gasteiger partial charge in [0.15, 0.2) is 0 Å². The molecule has 0 aromatic heterocycles. The van der Waals surface area contributed by atoms with Gasteiger partial charge in [0.2, 0.25) is 0 Å². The third kappa shape index (κ3) is 3.49. The summed E-state index contributed by atoms with van der Waals surface area (Å²) in [6.45, 7) is 0. The van der Waals surface area contributed by atoms with Crippen LogP contribution in [0.1, 0.15) is 38.5 Å². The van der Waals surface area contributed by atoms with Crippen molar-refractivity contribution in [2.75, 3.05) is 7.11 Å². The first-order valence-corrected chi connectivity index (χ1v) is 5.98. The normalized spacial score (nSPS) is 24.5. The molecular formula is C12H20O3. The maximum absolute atomic E-state index is 10.4. The highest BCUT2D eigenvalue weighted by Gasteiger charge is 2.39. The van der Waals surface area contributed by atoms with Gasteiger partial charge in [-0.3, -0.25) is 4.79 Å². The molecule has 86 valence electrons. The molecule has 3 fully saturated rings. The number of esters is 1. The highest BCUT2D eigenvalue weighted by Crippen LogP contribution is 2.44. The number of methoxy groups -OCH3 is 1. The Labute approximate surface area is 90.8 Å². The highest BCUT2D eigenvalue weighted by atomic mass is 16.5. The predicted octanol–water partition coefficient (Wildman–Crippen LogP) is 1.74. The molecule has 0 amide bonds. The van der Waals surface area contributed by atoms with Crippen LogP contribution in [0.5, 0.6) is 0 Å². The third-order valence-corrected chi connectivity index (χ3v) is 3.32. The van der Waals surface area contributed by atoms with Crippen LogP contribution in [0, 0.1) is 17.8 Å². The number of ether oxygens (including phenoxy) is 1. The van der Waals surface area contributed by atoms with E-state index < -0.39 is 0 Å². The minimum absolute atomic E-state index is 0.0417. The minimum atomic E-state index is -0.0417. The largest absolute Gasteiger partial charge is 0.469 e. The van der Waals surface area contributed by atoms with E-state index in [-0.39, 0.29) is 18.0 Å². The van der Waals surface area contributed by atoms with Crippen molar-refractivity contribution in [2.24, 2.45) is 17.8 Å². The zero-order valence-electron chi connectivity index (χ0n) is 9.32. The molecule has 3 heteroatoms. The van der Waals surface area contributed by atoms with Crippen LogP contribution in [0.4, 0.5) is 0 Å². The number of hydrogen-bond donors (Lipinski definition) is 1. The quantitative estimate of drug-likeness (QED) is 0.725. The monoisotopic (exact) mass is 212 g/mol. The summed E-state index contributed by atoms with van der Waals surface area (Å²) in [6.07, 6.45) is 7.32. The Morgan fingerprint density at radius 3 is 1.80 bits per heavy atom. The fraction of sp³-hybridized carbons (Fsp3) is 0.917. The lowest BCUT2D eigenvalue weighted by Gasteiger charge is -2.03. The van der Waals surface area contributed by atoms with Gasteiger partial charge in [-0.25, -0.2) is 0 Å². The van der Waals surface area contributed by atoms with Crippen LogP contribution in [0.25, 0.3) is 0 Å². The van der Waals surface area contributed by atoms with E-state index in [1.54, 1.807) is 0 Å². The van der Waals surface area contributed by atoms with Gasteiger partial charge in [0.1, 0.15) is 0 Å². The summed E-state index contributed by atoms with van der Waals surface area (Å²) < 4.78 is 4.44. The van der Waals surface area contributed by atoms with Gasteiger partial charge in [-0.1, -0.05) is 0 Å². The van der Waals surface area contributed by atoms with E-state index in [0.29, 0.717) is 11.8 Å². The van der Waals surface area contributed by atoms with E-state index >= 15 is 0 Å². The zero-order chi connectivity index (χ0) is 10.8. The summed E-state index contributed by atoms with van der Waals surface area (Å²) in [6, 6.07) is 0. The van der Waals surface area contributed by atoms with E-state index in [1.165, 1.54) is 32.8 Å². The van der Waals surface area contributed by atoms with Gasteiger partial charge >= 0.3 is 5.97 Å². The van der Waals surface area contributed by atoms with E-state index in [9.17, 15) is 9.90 Å². The molecule has 0 saturated heterocycles. The van der Waals surface area contributed by atoms with Gasteiger partial charge in [-0.05, 0) is 50.4 Å². The molecule has 3 nitrogen and oxygen atoms in total. The van der Waals surface area contributed by atoms with Crippen molar-refractivity contribution in [3.05, 3.63) is 0 Å². The van der Waals surface area contributed by atoms with E-state index in [4.69, 9.17) is 0 Å². The number of aliphatic hydroxyl groups is 1. The van der Waals surface area contributed by atoms with Crippen molar-refractivity contribution in [3.63, 3.8) is 0 Å². The zero-order valence-corrected chi connectivity index (χ0v) is 9.32. The molecule has 3 rings (SSSR count). The first kappa shape index (κ1) is 10.9. The van der Waals surface area contributed by atoms with Crippen LogP contribution in [-0.2, 0) is 9.53 Å². The van der Waals surface area contributed by atoms with E-state index in [0.717, 1.165) is 12.8 Å². The molecule has 0 atom stereocenters. The molecule has 0 bridgehead atoms. The van der Waals surface area contributed by atoms with Crippen LogP contribution >= 0.6 is 0 Å². The van der Waals surface area contributed by atoms with Crippen LogP contribution in [0.15, 0.2) is 0 Å². The van der Waals surface area contributed by atoms with Gasteiger partial charge in [0.25, 0.3) is 0 Å². The van der Waals surface area contributed by atoms with Crippen molar-refractivity contribution < 1.29 is 14.6 Å². The third-order valence-electron chi connectivity index (χ3n) is 3.32. The fourth-order valence-corrected chi connectivity index (χ4v) is 1.75. The number of aliphatic hydroxyl groups excluding tert-OH is 1. The van der Waals surface area contributed by atoms with Crippen LogP contribution in [0.3, 0.4) is 0 Å². The molecule has 0 aromatic rings. The molecule has 0 heterocycles. The molecule has 15 heavy (non-hydrogen) atoms. The molecule has 1 N–H and O–H groups in total. The van der Waals surface area contributed by atoms with Crippen molar-refractivity contribution in [1.29, 1.82) is 0 Å². The Hall–Kier alpha value is -0.570. The minimum Gasteiger partial charge on any atom is -0.469 e. The molecule has 3 aliphatic carbocycles. The summed E-state index contributed by atoms with van der Waals surface area (Å²) in [5.74, 6) is 1.63. The first-order chi connectivity index (χ1) is 7.22. The van der Waals surface area contributed by atoms with Gasteiger partial charge in [-0.15, -0.1) is 0 Å². The predicted molar refractivity (Wildman–Crippen MR) is 56.2 cm³/mol. The average molecular weight is 212 g/mol. The maximum Gasteiger partial charge on any atom is 0.308 e. The van der Waals surface area contributed by atoms with Crippen molar-refractivity contribution in [3.8, 4) is 0 Å². The molecule has 0 unspecified atom stereocenters. The molecule has 0 aliphatic heterocycles. The molecular weight excluding hydrogens is 192 g/mol. The second-order valence-electron chi connectivity index (χ2n) is 4.96. The Morgan fingerprint density at radius 1 is 1.13 bits per heavy atom. The van der Waals surface area contributed by atoms with Crippen molar-refractivity contribution >= 4 is 5.97 Å². The summed E-state index contributed by atoms with van der Waals surface area (Å²) in [7, 11) is 1.43. The Morgan fingerprint density at radius 2 is 1.60 bits per heavy atom. The van der Waals surface area contributed by atoms with Gasteiger partial charge < -0.3 is 9.84 Å². The standard InChI is InChI=1S/C7H12O.C5H8O2/c8-7(5-1-2-5)6-3-4-6;1-7-5(6)4-2-3-4/h5-8H,1-4H2;4H,2-3H2,1H3. The number of rotatable bonds is 3. The van der Waals surface area contributed by atoms with Crippen LogP contribution in [-0.4, -0.2) is 24.3 Å². The Kier molecular flexibility index (Phi) is 3.29. The van der Waals surface area contributed by atoms with Crippen molar-refractivity contribution in [1.82, 2.24) is 0 Å². The van der Waals surface area contributed by atoms with E-state index in [1.807, 2.05) is 0 Å². The fourth-order valence-electron chi connectivity index (χ4n) is 1.75. The summed E-state index contributed by atoms with van der Waals surface area (Å²) in [5, 5.41) is 9.33. The first-order valence-electron chi connectivity index (χ1n) is 5.98. The van der Waals surface area contributed by atoms with E-state index in [2.05, 4.69) is 4.74 Å². The average Bonchev–Trinajstić information content (AvgIpc) is 3.11. The molecule has 3 aliphatic rings.